The smallest absolute Gasteiger partial charge is 0.109 e. The fourth-order valence-electron chi connectivity index (χ4n) is 4.41. The Labute approximate surface area is 214 Å². The zero-order valence-corrected chi connectivity index (χ0v) is 21.4. The molecule has 1 fully saturated rings. The van der Waals surface area contributed by atoms with Crippen molar-refractivity contribution in [3.05, 3.63) is 70.0 Å². The lowest BCUT2D eigenvalue weighted by atomic mass is 9.77. The number of hydrogen-bond donors (Lipinski definition) is 4. The van der Waals surface area contributed by atoms with Gasteiger partial charge in [-0.25, -0.2) is 9.97 Å². The molecule has 6 nitrogen and oxygen atoms in total. The van der Waals surface area contributed by atoms with Crippen LogP contribution in [-0.4, -0.2) is 20.2 Å². The largest absolute Gasteiger partial charge is 0.397 e. The van der Waals surface area contributed by atoms with Crippen molar-refractivity contribution in [2.75, 3.05) is 11.5 Å². The van der Waals surface area contributed by atoms with Crippen LogP contribution in [0, 0.1) is 0 Å². The molecule has 0 spiro atoms. The van der Waals surface area contributed by atoms with Crippen molar-refractivity contribution in [2.24, 2.45) is 0 Å². The van der Waals surface area contributed by atoms with Crippen LogP contribution in [0.1, 0.15) is 57.3 Å². The molecule has 0 bridgehead atoms. The van der Waals surface area contributed by atoms with E-state index >= 15 is 0 Å². The van der Waals surface area contributed by atoms with Crippen molar-refractivity contribution in [2.45, 2.75) is 57.2 Å². The van der Waals surface area contributed by atoms with E-state index in [1.807, 2.05) is 50.2 Å². The van der Waals surface area contributed by atoms with Gasteiger partial charge >= 0.3 is 0 Å². The molecule has 0 atom stereocenters. The van der Waals surface area contributed by atoms with Gasteiger partial charge in [0.1, 0.15) is 11.2 Å². The molecule has 0 unspecified atom stereocenters. The SMILES string of the molecule is CCC(O)(CC)c1nc2ccc(Cl)cc2cc1N.Nc1cc2cc(Cl)ccc2nc1C1(O)CCC1. The molecule has 2 heterocycles. The Balaban J connectivity index is 0.000000165. The summed E-state index contributed by atoms with van der Waals surface area (Å²) in [6.45, 7) is 3.85. The minimum atomic E-state index is -0.960. The molecular weight excluding hydrogens is 483 g/mol. The molecule has 8 heteroatoms. The van der Waals surface area contributed by atoms with Crippen LogP contribution in [0.2, 0.25) is 10.0 Å². The summed E-state index contributed by atoms with van der Waals surface area (Å²) in [7, 11) is 0. The summed E-state index contributed by atoms with van der Waals surface area (Å²) >= 11 is 11.9. The first-order chi connectivity index (χ1) is 16.6. The second kappa shape index (κ2) is 9.78. The zero-order chi connectivity index (χ0) is 25.4. The first-order valence-corrected chi connectivity index (χ1v) is 12.5. The van der Waals surface area contributed by atoms with Gasteiger partial charge in [-0.3, -0.25) is 0 Å². The quantitative estimate of drug-likeness (QED) is 0.254. The number of nitrogens with zero attached hydrogens (tertiary/aromatic N) is 2. The average Bonchev–Trinajstić information content (AvgIpc) is 2.81. The van der Waals surface area contributed by atoms with E-state index < -0.39 is 11.2 Å². The summed E-state index contributed by atoms with van der Waals surface area (Å²) in [5.41, 5.74) is 14.0. The second-order valence-electron chi connectivity index (χ2n) is 9.15. The number of nitrogen functional groups attached to an aromatic ring is 2. The number of fused-ring (bicyclic) bond motifs is 2. The van der Waals surface area contributed by atoms with Gasteiger partial charge in [0.15, 0.2) is 0 Å². The number of aromatic nitrogens is 2. The molecule has 1 aliphatic rings. The molecule has 1 saturated carbocycles. The second-order valence-corrected chi connectivity index (χ2v) is 10.0. The predicted octanol–water partition coefficient (Wildman–Crippen LogP) is 6.32. The minimum Gasteiger partial charge on any atom is -0.397 e. The summed E-state index contributed by atoms with van der Waals surface area (Å²) in [6.07, 6.45) is 3.67. The minimum absolute atomic E-state index is 0.510. The van der Waals surface area contributed by atoms with Crippen LogP contribution in [0.25, 0.3) is 21.8 Å². The number of hydrogen-bond acceptors (Lipinski definition) is 6. The van der Waals surface area contributed by atoms with Gasteiger partial charge in [0.25, 0.3) is 0 Å². The van der Waals surface area contributed by atoms with Crippen molar-refractivity contribution >= 4 is 56.4 Å². The Morgan fingerprint density at radius 2 is 1.37 bits per heavy atom. The van der Waals surface area contributed by atoms with Gasteiger partial charge < -0.3 is 21.7 Å². The van der Waals surface area contributed by atoms with Crippen LogP contribution < -0.4 is 11.5 Å². The van der Waals surface area contributed by atoms with Gasteiger partial charge in [-0.2, -0.15) is 0 Å². The Kier molecular flexibility index (Phi) is 7.11. The molecule has 5 rings (SSSR count). The van der Waals surface area contributed by atoms with Crippen LogP contribution in [0.15, 0.2) is 48.5 Å². The Bertz CT molecular complexity index is 1380. The third-order valence-corrected chi connectivity index (χ3v) is 7.31. The fraction of sp³-hybridized carbons (Fsp3) is 0.333. The van der Waals surface area contributed by atoms with E-state index in [1.54, 1.807) is 12.1 Å². The molecule has 0 amide bonds. The average molecular weight is 513 g/mol. The van der Waals surface area contributed by atoms with Gasteiger partial charge in [0, 0.05) is 20.8 Å². The highest BCUT2D eigenvalue weighted by molar-refractivity contribution is 6.31. The van der Waals surface area contributed by atoms with E-state index in [1.165, 1.54) is 0 Å². The first-order valence-electron chi connectivity index (χ1n) is 11.8. The van der Waals surface area contributed by atoms with E-state index in [0.717, 1.165) is 41.1 Å². The maximum atomic E-state index is 10.5. The number of benzene rings is 2. The van der Waals surface area contributed by atoms with E-state index in [4.69, 9.17) is 34.7 Å². The number of pyridine rings is 2. The van der Waals surface area contributed by atoms with E-state index in [-0.39, 0.29) is 0 Å². The maximum Gasteiger partial charge on any atom is 0.109 e. The molecule has 0 radical (unpaired) electrons. The lowest BCUT2D eigenvalue weighted by Crippen LogP contribution is -2.35. The van der Waals surface area contributed by atoms with E-state index in [9.17, 15) is 10.2 Å². The summed E-state index contributed by atoms with van der Waals surface area (Å²) < 4.78 is 0. The van der Waals surface area contributed by atoms with Crippen LogP contribution >= 0.6 is 23.2 Å². The molecule has 0 saturated heterocycles. The van der Waals surface area contributed by atoms with E-state index in [2.05, 4.69) is 9.97 Å². The topological polar surface area (TPSA) is 118 Å². The van der Waals surface area contributed by atoms with Crippen LogP contribution in [0.3, 0.4) is 0 Å². The maximum absolute atomic E-state index is 10.5. The van der Waals surface area contributed by atoms with Gasteiger partial charge in [0.2, 0.25) is 0 Å². The molecular formula is C27H30Cl2N4O2. The van der Waals surface area contributed by atoms with Gasteiger partial charge in [-0.05, 0) is 80.6 Å². The normalized spacial score (nSPS) is 14.9. The lowest BCUT2D eigenvalue weighted by molar-refractivity contribution is -0.0416. The standard InChI is InChI=1S/C14H17ClN2O.C13H13ClN2O/c1-3-14(18,4-2)13-11(16)8-9-7-10(15)5-6-12(9)17-13;14-9-2-3-11-8(6-9)7-10(15)12(16-11)13(17)4-1-5-13/h5-8,18H,3-4,16H2,1-2H3;2-3,6-7,17H,1,4-5,15H2. The van der Waals surface area contributed by atoms with Crippen molar-refractivity contribution in [1.82, 2.24) is 9.97 Å². The number of nitrogens with two attached hydrogens (primary N) is 2. The molecule has 1 aliphatic carbocycles. The zero-order valence-electron chi connectivity index (χ0n) is 19.9. The fourth-order valence-corrected chi connectivity index (χ4v) is 4.77. The highest BCUT2D eigenvalue weighted by Crippen LogP contribution is 2.43. The van der Waals surface area contributed by atoms with Crippen molar-refractivity contribution in [3.63, 3.8) is 0 Å². The Hall–Kier alpha value is -2.64. The van der Waals surface area contributed by atoms with Crippen LogP contribution in [0.4, 0.5) is 11.4 Å². The third kappa shape index (κ3) is 5.02. The van der Waals surface area contributed by atoms with Gasteiger partial charge in [0.05, 0.1) is 33.8 Å². The number of halogens is 2. The van der Waals surface area contributed by atoms with E-state index in [0.29, 0.717) is 45.6 Å². The highest BCUT2D eigenvalue weighted by Gasteiger charge is 2.39. The Morgan fingerprint density at radius 1 is 0.857 bits per heavy atom. The van der Waals surface area contributed by atoms with Crippen LogP contribution in [-0.2, 0) is 11.2 Å². The lowest BCUT2D eigenvalue weighted by Gasteiger charge is -2.36. The summed E-state index contributed by atoms with van der Waals surface area (Å²) in [6, 6.07) is 14.6. The molecule has 184 valence electrons. The number of aliphatic hydroxyl groups is 2. The molecule has 4 aromatic rings. The number of anilines is 2. The summed E-state index contributed by atoms with van der Waals surface area (Å²) in [5, 5.41) is 23.9. The highest BCUT2D eigenvalue weighted by atomic mass is 35.5. The molecule has 0 aliphatic heterocycles. The van der Waals surface area contributed by atoms with Gasteiger partial charge in [-0.15, -0.1) is 0 Å². The summed E-state index contributed by atoms with van der Waals surface area (Å²) in [4.78, 5) is 8.97. The van der Waals surface area contributed by atoms with Crippen molar-refractivity contribution in [3.8, 4) is 0 Å². The monoisotopic (exact) mass is 512 g/mol. The molecule has 6 N–H and O–H groups in total. The Morgan fingerprint density at radius 3 is 1.86 bits per heavy atom. The molecule has 2 aromatic heterocycles. The van der Waals surface area contributed by atoms with Crippen molar-refractivity contribution in [1.29, 1.82) is 0 Å². The van der Waals surface area contributed by atoms with Crippen molar-refractivity contribution < 1.29 is 10.2 Å². The number of rotatable bonds is 4. The molecule has 35 heavy (non-hydrogen) atoms. The first kappa shape index (κ1) is 25.5. The van der Waals surface area contributed by atoms with Gasteiger partial charge in [-0.1, -0.05) is 37.0 Å². The van der Waals surface area contributed by atoms with Crippen LogP contribution in [0.5, 0.6) is 0 Å². The predicted molar refractivity (Wildman–Crippen MR) is 145 cm³/mol. The summed E-state index contributed by atoms with van der Waals surface area (Å²) in [5.74, 6) is 0. The third-order valence-electron chi connectivity index (χ3n) is 6.84. The molecule has 2 aromatic carbocycles.